The van der Waals surface area contributed by atoms with E-state index >= 15 is 0 Å². The smallest absolute Gasteiger partial charge is 0.137 e. The molecule has 0 radical (unpaired) electrons. The van der Waals surface area contributed by atoms with Crippen LogP contribution in [-0.2, 0) is 0 Å². The molecule has 0 aliphatic heterocycles. The van der Waals surface area contributed by atoms with Crippen LogP contribution in [0, 0.1) is 13.8 Å². The second-order valence-corrected chi connectivity index (χ2v) is 6.16. The lowest BCUT2D eigenvalue weighted by Crippen LogP contribution is -2.90. The minimum atomic E-state index is 0.791. The van der Waals surface area contributed by atoms with Gasteiger partial charge in [-0.15, -0.1) is 0 Å². The summed E-state index contributed by atoms with van der Waals surface area (Å²) in [6, 6.07) is 5.13. The molecule has 2 rings (SSSR count). The van der Waals surface area contributed by atoms with Crippen LogP contribution in [0.3, 0.4) is 0 Å². The minimum absolute atomic E-state index is 0.791. The van der Waals surface area contributed by atoms with Crippen LogP contribution in [0.4, 0.5) is 0 Å². The molecule has 1 fully saturated rings. The number of nitrogens with two attached hydrogens (primary N) is 1. The lowest BCUT2D eigenvalue weighted by Gasteiger charge is -2.13. The zero-order valence-corrected chi connectivity index (χ0v) is 12.9. The van der Waals surface area contributed by atoms with E-state index in [0.29, 0.717) is 0 Å². The van der Waals surface area contributed by atoms with Gasteiger partial charge in [-0.05, 0) is 72.7 Å². The van der Waals surface area contributed by atoms with E-state index in [9.17, 15) is 0 Å². The van der Waals surface area contributed by atoms with Crippen molar-refractivity contribution in [1.29, 1.82) is 0 Å². The zero-order valence-electron chi connectivity index (χ0n) is 11.3. The van der Waals surface area contributed by atoms with Crippen molar-refractivity contribution in [1.82, 2.24) is 0 Å². The second-order valence-electron chi connectivity index (χ2n) is 5.31. The summed E-state index contributed by atoms with van der Waals surface area (Å²) in [6.45, 7) is 6.06. The average molecular weight is 313 g/mol. The van der Waals surface area contributed by atoms with E-state index in [1.54, 1.807) is 0 Å². The third kappa shape index (κ3) is 3.72. The van der Waals surface area contributed by atoms with Gasteiger partial charge in [-0.2, -0.15) is 0 Å². The lowest BCUT2D eigenvalue weighted by atomic mass is 10.1. The number of ether oxygens (including phenoxy) is 1. The van der Waals surface area contributed by atoms with Gasteiger partial charge in [-0.1, -0.05) is 6.07 Å². The molecule has 0 amide bonds. The van der Waals surface area contributed by atoms with E-state index in [1.807, 2.05) is 0 Å². The van der Waals surface area contributed by atoms with Gasteiger partial charge in [0, 0.05) is 0 Å². The topological polar surface area (TPSA) is 25.8 Å². The molecule has 1 aromatic carbocycles. The zero-order chi connectivity index (χ0) is 13.0. The SMILES string of the molecule is Cc1cc(C)c(OCC[NH2+]C2CCCC2)c(Br)c1. The van der Waals surface area contributed by atoms with E-state index in [2.05, 4.69) is 47.2 Å². The molecule has 0 atom stereocenters. The van der Waals surface area contributed by atoms with Crippen molar-refractivity contribution in [3.8, 4) is 5.75 Å². The molecule has 0 heterocycles. The van der Waals surface area contributed by atoms with Crippen LogP contribution < -0.4 is 10.1 Å². The van der Waals surface area contributed by atoms with Crippen LogP contribution in [0.25, 0.3) is 0 Å². The molecular formula is C15H23BrNO+. The Labute approximate surface area is 118 Å². The van der Waals surface area contributed by atoms with Crippen molar-refractivity contribution < 1.29 is 10.1 Å². The highest BCUT2D eigenvalue weighted by molar-refractivity contribution is 9.10. The number of rotatable bonds is 5. The van der Waals surface area contributed by atoms with Gasteiger partial charge >= 0.3 is 0 Å². The maximum atomic E-state index is 5.90. The summed E-state index contributed by atoms with van der Waals surface area (Å²) in [5, 5.41) is 2.45. The van der Waals surface area contributed by atoms with Gasteiger partial charge in [0.2, 0.25) is 0 Å². The largest absolute Gasteiger partial charge is 0.486 e. The monoisotopic (exact) mass is 312 g/mol. The second kappa shape index (κ2) is 6.58. The van der Waals surface area contributed by atoms with Crippen molar-refractivity contribution in [2.75, 3.05) is 13.2 Å². The first-order chi connectivity index (χ1) is 8.66. The van der Waals surface area contributed by atoms with Gasteiger partial charge in [0.15, 0.2) is 0 Å². The van der Waals surface area contributed by atoms with Crippen LogP contribution in [0.1, 0.15) is 36.8 Å². The molecule has 0 aromatic heterocycles. The van der Waals surface area contributed by atoms with E-state index in [0.717, 1.165) is 29.4 Å². The number of quaternary nitrogens is 1. The number of halogens is 1. The van der Waals surface area contributed by atoms with Crippen LogP contribution in [0.15, 0.2) is 16.6 Å². The first-order valence-electron chi connectivity index (χ1n) is 6.89. The maximum absolute atomic E-state index is 5.90. The Kier molecular flexibility index (Phi) is 5.07. The number of benzene rings is 1. The summed E-state index contributed by atoms with van der Waals surface area (Å²) >= 11 is 3.58. The Balaban J connectivity index is 1.79. The number of aryl methyl sites for hydroxylation is 2. The van der Waals surface area contributed by atoms with Gasteiger partial charge in [0.1, 0.15) is 18.9 Å². The van der Waals surface area contributed by atoms with Crippen molar-refractivity contribution in [2.24, 2.45) is 0 Å². The van der Waals surface area contributed by atoms with Crippen LogP contribution in [-0.4, -0.2) is 19.2 Å². The number of hydrogen-bond donors (Lipinski definition) is 1. The highest BCUT2D eigenvalue weighted by Gasteiger charge is 2.17. The van der Waals surface area contributed by atoms with E-state index in [1.165, 1.54) is 36.8 Å². The fourth-order valence-electron chi connectivity index (χ4n) is 2.74. The molecule has 2 N–H and O–H groups in total. The standard InChI is InChI=1S/C15H22BrNO/c1-11-9-12(2)15(14(16)10-11)18-8-7-17-13-5-3-4-6-13/h9-10,13,17H,3-8H2,1-2H3/p+1. The highest BCUT2D eigenvalue weighted by Crippen LogP contribution is 2.29. The quantitative estimate of drug-likeness (QED) is 0.831. The lowest BCUT2D eigenvalue weighted by molar-refractivity contribution is -0.688. The Morgan fingerprint density at radius 1 is 1.28 bits per heavy atom. The Morgan fingerprint density at radius 3 is 2.67 bits per heavy atom. The molecule has 0 bridgehead atoms. The minimum Gasteiger partial charge on any atom is -0.486 e. The van der Waals surface area contributed by atoms with Crippen molar-refractivity contribution in [2.45, 2.75) is 45.6 Å². The van der Waals surface area contributed by atoms with Gasteiger partial charge in [-0.25, -0.2) is 0 Å². The maximum Gasteiger partial charge on any atom is 0.137 e. The van der Waals surface area contributed by atoms with Crippen LogP contribution in [0.2, 0.25) is 0 Å². The summed E-state index contributed by atoms with van der Waals surface area (Å²) < 4.78 is 6.97. The van der Waals surface area contributed by atoms with Crippen molar-refractivity contribution >= 4 is 15.9 Å². The Bertz CT molecular complexity index is 376. The predicted octanol–water partition coefficient (Wildman–Crippen LogP) is 2.95. The van der Waals surface area contributed by atoms with Gasteiger partial charge in [0.05, 0.1) is 10.5 Å². The number of hydrogen-bond acceptors (Lipinski definition) is 1. The summed E-state index contributed by atoms with van der Waals surface area (Å²) in [4.78, 5) is 0. The fraction of sp³-hybridized carbons (Fsp3) is 0.600. The molecule has 1 aliphatic carbocycles. The first kappa shape index (κ1) is 13.9. The van der Waals surface area contributed by atoms with Crippen LogP contribution >= 0.6 is 15.9 Å². The first-order valence-corrected chi connectivity index (χ1v) is 7.69. The fourth-order valence-corrected chi connectivity index (χ4v) is 3.53. The normalized spacial score (nSPS) is 16.2. The average Bonchev–Trinajstić information content (AvgIpc) is 2.79. The van der Waals surface area contributed by atoms with Crippen LogP contribution in [0.5, 0.6) is 5.75 Å². The molecule has 0 unspecified atom stereocenters. The summed E-state index contributed by atoms with van der Waals surface area (Å²) in [7, 11) is 0. The Hall–Kier alpha value is -0.540. The van der Waals surface area contributed by atoms with Gasteiger partial charge < -0.3 is 10.1 Å². The van der Waals surface area contributed by atoms with Gasteiger partial charge in [0.25, 0.3) is 0 Å². The predicted molar refractivity (Wildman–Crippen MR) is 78.2 cm³/mol. The third-order valence-electron chi connectivity index (χ3n) is 3.64. The molecular weight excluding hydrogens is 290 g/mol. The molecule has 2 nitrogen and oxygen atoms in total. The van der Waals surface area contributed by atoms with Crippen molar-refractivity contribution in [3.05, 3.63) is 27.7 Å². The molecule has 3 heteroatoms. The van der Waals surface area contributed by atoms with E-state index in [-0.39, 0.29) is 0 Å². The highest BCUT2D eigenvalue weighted by atomic mass is 79.9. The summed E-state index contributed by atoms with van der Waals surface area (Å²) in [5.74, 6) is 1.00. The molecule has 1 saturated carbocycles. The molecule has 0 saturated heterocycles. The third-order valence-corrected chi connectivity index (χ3v) is 4.23. The Morgan fingerprint density at radius 2 is 2.00 bits per heavy atom. The van der Waals surface area contributed by atoms with Gasteiger partial charge in [-0.3, -0.25) is 0 Å². The van der Waals surface area contributed by atoms with Crippen molar-refractivity contribution in [3.63, 3.8) is 0 Å². The molecule has 18 heavy (non-hydrogen) atoms. The summed E-state index contributed by atoms with van der Waals surface area (Å²) in [5.41, 5.74) is 2.48. The molecule has 0 spiro atoms. The molecule has 1 aliphatic rings. The molecule has 100 valence electrons. The van der Waals surface area contributed by atoms with E-state index < -0.39 is 0 Å². The summed E-state index contributed by atoms with van der Waals surface area (Å²) in [6.07, 6.45) is 5.58. The molecule has 1 aromatic rings. The van der Waals surface area contributed by atoms with E-state index in [4.69, 9.17) is 4.74 Å².